The number of aliphatic hydroxyl groups is 2. The Morgan fingerprint density at radius 1 is 0.667 bits per heavy atom. The minimum absolute atomic E-state index is 0.0586. The topological polar surface area (TPSA) is 71.0 Å². The van der Waals surface area contributed by atoms with Crippen LogP contribution in [-0.2, 0) is 0 Å². The quantitative estimate of drug-likeness (QED) is 0.490. The maximum atomic E-state index is 10.5. The van der Waals surface area contributed by atoms with Gasteiger partial charge in [-0.3, -0.25) is 9.80 Å². The van der Waals surface area contributed by atoms with Crippen molar-refractivity contribution in [3.8, 4) is 0 Å². The Hall–Kier alpha value is -1.80. The van der Waals surface area contributed by atoms with E-state index in [2.05, 4.69) is 58.5 Å². The summed E-state index contributed by atoms with van der Waals surface area (Å²) in [5.74, 6) is 0. The first-order chi connectivity index (χ1) is 17.0. The molecule has 2 saturated heterocycles. The van der Waals surface area contributed by atoms with E-state index in [1.165, 1.54) is 11.1 Å². The monoisotopic (exact) mass is 496 g/mol. The van der Waals surface area contributed by atoms with Crippen LogP contribution < -0.4 is 10.6 Å². The lowest BCUT2D eigenvalue weighted by Gasteiger charge is -2.43. The zero-order valence-corrected chi connectivity index (χ0v) is 23.1. The second-order valence-electron chi connectivity index (χ2n) is 11.6. The zero-order chi connectivity index (χ0) is 26.3. The highest BCUT2D eigenvalue weighted by Crippen LogP contribution is 2.33. The molecule has 0 bridgehead atoms. The molecule has 4 atom stereocenters. The van der Waals surface area contributed by atoms with Gasteiger partial charge in [-0.2, -0.15) is 0 Å². The van der Waals surface area contributed by atoms with Crippen molar-refractivity contribution in [3.05, 3.63) is 71.8 Å². The maximum Gasteiger partial charge on any atom is 0.0787 e. The van der Waals surface area contributed by atoms with E-state index in [4.69, 9.17) is 0 Å². The number of hydrogen-bond acceptors (Lipinski definition) is 6. The zero-order valence-electron chi connectivity index (χ0n) is 23.1. The Balaban J connectivity index is 0.000000201. The number of nitrogens with zero attached hydrogens (tertiary/aromatic N) is 2. The first-order valence-electron chi connectivity index (χ1n) is 13.5. The number of rotatable bonds is 6. The fourth-order valence-corrected chi connectivity index (χ4v) is 5.79. The van der Waals surface area contributed by atoms with Crippen LogP contribution in [0.15, 0.2) is 60.7 Å². The molecular weight excluding hydrogens is 448 g/mol. The van der Waals surface area contributed by atoms with E-state index in [1.807, 2.05) is 64.1 Å². The molecule has 0 unspecified atom stereocenters. The fourth-order valence-electron chi connectivity index (χ4n) is 5.79. The van der Waals surface area contributed by atoms with Crippen LogP contribution in [0, 0.1) is 0 Å². The predicted molar refractivity (Wildman–Crippen MR) is 149 cm³/mol. The summed E-state index contributed by atoms with van der Waals surface area (Å²) in [5, 5.41) is 27.9. The van der Waals surface area contributed by atoms with Crippen molar-refractivity contribution in [1.82, 2.24) is 20.4 Å². The molecule has 2 aliphatic heterocycles. The first kappa shape index (κ1) is 28.8. The second-order valence-corrected chi connectivity index (χ2v) is 11.6. The molecule has 0 spiro atoms. The van der Waals surface area contributed by atoms with E-state index in [9.17, 15) is 10.2 Å². The fraction of sp³-hybridized carbons (Fsp3) is 0.600. The summed E-state index contributed by atoms with van der Waals surface area (Å²) in [6.07, 6.45) is 0. The minimum atomic E-state index is -0.738. The molecule has 4 rings (SSSR count). The largest absolute Gasteiger partial charge is 0.388 e. The van der Waals surface area contributed by atoms with Crippen LogP contribution in [0.25, 0.3) is 0 Å². The summed E-state index contributed by atoms with van der Waals surface area (Å²) < 4.78 is 0. The van der Waals surface area contributed by atoms with Gasteiger partial charge in [-0.05, 0) is 52.7 Å². The lowest BCUT2D eigenvalue weighted by Crippen LogP contribution is -2.54. The number of nitrogens with one attached hydrogen (secondary N) is 2. The molecule has 0 radical (unpaired) electrons. The molecular formula is C30H48N4O2. The second kappa shape index (κ2) is 12.6. The normalized spacial score (nSPS) is 23.9. The standard InChI is InChI=1S/2C15H24N2O/c2*1-12-11-17(10-9-16-12)14(15(2,3)18)13-7-5-4-6-8-13/h2*4-8,12,14,16,18H,9-11H2,1-3H3/t12-,14+;12-,14-/m11/s1. The highest BCUT2D eigenvalue weighted by molar-refractivity contribution is 5.23. The average Bonchev–Trinajstić information content (AvgIpc) is 2.79. The summed E-state index contributed by atoms with van der Waals surface area (Å²) in [4.78, 5) is 4.77. The maximum absolute atomic E-state index is 10.5. The molecule has 0 saturated carbocycles. The van der Waals surface area contributed by atoms with Crippen LogP contribution in [0.1, 0.15) is 64.8 Å². The van der Waals surface area contributed by atoms with Crippen molar-refractivity contribution in [2.24, 2.45) is 0 Å². The van der Waals surface area contributed by atoms with Gasteiger partial charge in [0, 0.05) is 51.4 Å². The molecule has 0 amide bonds. The highest BCUT2D eigenvalue weighted by atomic mass is 16.3. The van der Waals surface area contributed by atoms with Gasteiger partial charge in [-0.15, -0.1) is 0 Å². The number of piperazine rings is 2. The molecule has 2 fully saturated rings. The van der Waals surface area contributed by atoms with Gasteiger partial charge in [0.15, 0.2) is 0 Å². The summed E-state index contributed by atoms with van der Waals surface area (Å²) in [5.41, 5.74) is 0.912. The van der Waals surface area contributed by atoms with Crippen LogP contribution >= 0.6 is 0 Å². The van der Waals surface area contributed by atoms with Crippen LogP contribution in [0.2, 0.25) is 0 Å². The van der Waals surface area contributed by atoms with E-state index in [1.54, 1.807) is 0 Å². The summed E-state index contributed by atoms with van der Waals surface area (Å²) in [6.45, 7) is 17.9. The van der Waals surface area contributed by atoms with E-state index in [-0.39, 0.29) is 12.1 Å². The molecule has 0 aromatic heterocycles. The van der Waals surface area contributed by atoms with E-state index in [0.717, 1.165) is 39.3 Å². The van der Waals surface area contributed by atoms with E-state index in [0.29, 0.717) is 12.1 Å². The molecule has 2 heterocycles. The van der Waals surface area contributed by atoms with Crippen molar-refractivity contribution in [2.45, 2.75) is 76.9 Å². The molecule has 36 heavy (non-hydrogen) atoms. The minimum Gasteiger partial charge on any atom is -0.388 e. The van der Waals surface area contributed by atoms with Crippen LogP contribution in [0.3, 0.4) is 0 Å². The predicted octanol–water partition coefficient (Wildman–Crippen LogP) is 3.58. The Morgan fingerprint density at radius 3 is 1.28 bits per heavy atom. The third-order valence-corrected chi connectivity index (χ3v) is 7.10. The van der Waals surface area contributed by atoms with Gasteiger partial charge >= 0.3 is 0 Å². The SMILES string of the molecule is C[C@@H]1CN([C@@H](c2ccccc2)C(C)(C)O)CCN1.C[C@@H]1CN([C@H](c2ccccc2)C(C)(C)O)CCN1. The van der Waals surface area contributed by atoms with Gasteiger partial charge in [0.25, 0.3) is 0 Å². The molecule has 200 valence electrons. The molecule has 2 aromatic carbocycles. The number of benzene rings is 2. The van der Waals surface area contributed by atoms with Crippen LogP contribution in [-0.4, -0.2) is 82.6 Å². The van der Waals surface area contributed by atoms with Crippen LogP contribution in [0.5, 0.6) is 0 Å². The Labute approximate surface area is 218 Å². The summed E-state index contributed by atoms with van der Waals surface area (Å²) >= 11 is 0. The van der Waals surface area contributed by atoms with Crippen molar-refractivity contribution >= 4 is 0 Å². The third-order valence-electron chi connectivity index (χ3n) is 7.10. The van der Waals surface area contributed by atoms with E-state index < -0.39 is 11.2 Å². The lowest BCUT2D eigenvalue weighted by molar-refractivity contribution is -0.0306. The molecule has 2 aromatic rings. The lowest BCUT2D eigenvalue weighted by atomic mass is 9.89. The molecule has 6 heteroatoms. The summed E-state index contributed by atoms with van der Waals surface area (Å²) in [7, 11) is 0. The molecule has 6 nitrogen and oxygen atoms in total. The van der Waals surface area contributed by atoms with E-state index >= 15 is 0 Å². The van der Waals surface area contributed by atoms with Crippen molar-refractivity contribution in [3.63, 3.8) is 0 Å². The summed E-state index contributed by atoms with van der Waals surface area (Å²) in [6, 6.07) is 21.7. The highest BCUT2D eigenvalue weighted by Gasteiger charge is 2.36. The van der Waals surface area contributed by atoms with Gasteiger partial charge in [-0.25, -0.2) is 0 Å². The van der Waals surface area contributed by atoms with Gasteiger partial charge in [-0.1, -0.05) is 60.7 Å². The average molecular weight is 497 g/mol. The smallest absolute Gasteiger partial charge is 0.0787 e. The van der Waals surface area contributed by atoms with Crippen molar-refractivity contribution in [2.75, 3.05) is 39.3 Å². The Kier molecular flexibility index (Phi) is 10.1. The van der Waals surface area contributed by atoms with Gasteiger partial charge in [0.05, 0.1) is 23.3 Å². The Morgan fingerprint density at radius 2 is 1.00 bits per heavy atom. The molecule has 2 aliphatic rings. The number of hydrogen-bond donors (Lipinski definition) is 4. The third kappa shape index (κ3) is 8.10. The molecule has 0 aliphatic carbocycles. The van der Waals surface area contributed by atoms with Gasteiger partial charge in [0.1, 0.15) is 0 Å². The van der Waals surface area contributed by atoms with Crippen molar-refractivity contribution < 1.29 is 10.2 Å². The van der Waals surface area contributed by atoms with Crippen LogP contribution in [0.4, 0.5) is 0 Å². The van der Waals surface area contributed by atoms with Gasteiger partial charge in [0.2, 0.25) is 0 Å². The first-order valence-corrected chi connectivity index (χ1v) is 13.5. The van der Waals surface area contributed by atoms with Crippen molar-refractivity contribution in [1.29, 1.82) is 0 Å². The van der Waals surface area contributed by atoms with Gasteiger partial charge < -0.3 is 20.8 Å². The molecule has 4 N–H and O–H groups in total. The Bertz CT molecular complexity index is 819.